The molecule has 0 radical (unpaired) electrons. The average Bonchev–Trinajstić information content (AvgIpc) is 3.26. The van der Waals surface area contributed by atoms with Crippen LogP contribution in [0.1, 0.15) is 24.0 Å². The number of likely N-dealkylation sites (tertiary alicyclic amines) is 1. The van der Waals surface area contributed by atoms with Gasteiger partial charge < -0.3 is 4.90 Å². The van der Waals surface area contributed by atoms with Crippen LogP contribution in [-0.2, 0) is 16.1 Å². The lowest BCUT2D eigenvalue weighted by atomic mass is 10.0. The highest BCUT2D eigenvalue weighted by molar-refractivity contribution is 6.35. The van der Waals surface area contributed by atoms with Gasteiger partial charge in [-0.25, -0.2) is 4.39 Å². The second kappa shape index (κ2) is 6.71. The lowest BCUT2D eigenvalue weighted by Gasteiger charge is -2.20. The molecule has 2 aromatic rings. The number of carbonyl (C=O) groups is 2. The molecule has 2 aliphatic rings. The predicted molar refractivity (Wildman–Crippen MR) is 93.9 cm³/mol. The first-order chi connectivity index (χ1) is 12.6. The number of imide groups is 1. The molecule has 2 amide bonds. The number of hydrogen-bond acceptors (Lipinski definition) is 4. The van der Waals surface area contributed by atoms with E-state index in [0.29, 0.717) is 16.8 Å². The van der Waals surface area contributed by atoms with Crippen LogP contribution in [0, 0.1) is 5.82 Å². The first kappa shape index (κ1) is 16.4. The number of amides is 2. The lowest BCUT2D eigenvalue weighted by Crippen LogP contribution is -2.34. The molecule has 1 aromatic carbocycles. The number of nitrogens with zero attached hydrogens (tertiary/aromatic N) is 3. The summed E-state index contributed by atoms with van der Waals surface area (Å²) in [6.07, 6.45) is 5.25. The van der Waals surface area contributed by atoms with Crippen LogP contribution in [0.25, 0.3) is 5.57 Å². The second-order valence-electron chi connectivity index (χ2n) is 6.48. The number of pyridine rings is 1. The van der Waals surface area contributed by atoms with Gasteiger partial charge in [0.05, 0.1) is 12.1 Å². The van der Waals surface area contributed by atoms with Gasteiger partial charge in [0.25, 0.3) is 11.8 Å². The van der Waals surface area contributed by atoms with Crippen molar-refractivity contribution in [2.45, 2.75) is 19.4 Å². The molecule has 132 valence electrons. The number of benzene rings is 1. The van der Waals surface area contributed by atoms with Gasteiger partial charge >= 0.3 is 0 Å². The minimum Gasteiger partial charge on any atom is -0.366 e. The Morgan fingerprint density at radius 2 is 1.58 bits per heavy atom. The van der Waals surface area contributed by atoms with E-state index in [-0.39, 0.29) is 24.2 Å². The summed E-state index contributed by atoms with van der Waals surface area (Å²) in [5.41, 5.74) is 2.21. The summed E-state index contributed by atoms with van der Waals surface area (Å²) in [4.78, 5) is 33.4. The average molecular weight is 351 g/mol. The Labute approximate surface area is 150 Å². The summed E-state index contributed by atoms with van der Waals surface area (Å²) in [5.74, 6) is -0.990. The zero-order valence-corrected chi connectivity index (χ0v) is 14.2. The van der Waals surface area contributed by atoms with E-state index >= 15 is 0 Å². The smallest absolute Gasteiger partial charge is 0.278 e. The van der Waals surface area contributed by atoms with Crippen molar-refractivity contribution in [2.75, 3.05) is 13.1 Å². The van der Waals surface area contributed by atoms with Crippen molar-refractivity contribution in [1.29, 1.82) is 0 Å². The number of aromatic nitrogens is 1. The zero-order valence-electron chi connectivity index (χ0n) is 14.2. The summed E-state index contributed by atoms with van der Waals surface area (Å²) in [7, 11) is 0. The fourth-order valence-electron chi connectivity index (χ4n) is 3.49. The minimum absolute atomic E-state index is 0.197. The van der Waals surface area contributed by atoms with Gasteiger partial charge in [-0.1, -0.05) is 12.1 Å². The quantitative estimate of drug-likeness (QED) is 0.795. The van der Waals surface area contributed by atoms with Crippen molar-refractivity contribution >= 4 is 17.4 Å². The molecule has 5 nitrogen and oxygen atoms in total. The molecular formula is C20H18FN3O2. The van der Waals surface area contributed by atoms with Crippen LogP contribution in [0.2, 0.25) is 0 Å². The van der Waals surface area contributed by atoms with Crippen LogP contribution in [0.5, 0.6) is 0 Å². The van der Waals surface area contributed by atoms with Gasteiger partial charge in [-0.15, -0.1) is 0 Å². The maximum absolute atomic E-state index is 13.3. The highest BCUT2D eigenvalue weighted by atomic mass is 19.1. The first-order valence-corrected chi connectivity index (χ1v) is 8.65. The summed E-state index contributed by atoms with van der Waals surface area (Å²) >= 11 is 0. The highest BCUT2D eigenvalue weighted by Crippen LogP contribution is 2.34. The zero-order chi connectivity index (χ0) is 18.1. The number of rotatable bonds is 4. The summed E-state index contributed by atoms with van der Waals surface area (Å²) < 4.78 is 13.3. The highest BCUT2D eigenvalue weighted by Gasteiger charge is 2.41. The maximum Gasteiger partial charge on any atom is 0.278 e. The molecule has 26 heavy (non-hydrogen) atoms. The van der Waals surface area contributed by atoms with E-state index < -0.39 is 0 Å². The molecule has 0 saturated carbocycles. The van der Waals surface area contributed by atoms with Gasteiger partial charge in [-0.2, -0.15) is 0 Å². The fraction of sp³-hybridized carbons (Fsp3) is 0.250. The van der Waals surface area contributed by atoms with Crippen LogP contribution in [0.15, 0.2) is 54.5 Å². The van der Waals surface area contributed by atoms with Crippen molar-refractivity contribution in [3.63, 3.8) is 0 Å². The van der Waals surface area contributed by atoms with E-state index in [1.54, 1.807) is 36.7 Å². The standard InChI is InChI=1S/C20H18FN3O2/c21-16-5-3-15(4-6-16)17-18(23-11-1-2-12-23)20(26)24(19(17)25)13-14-7-9-22-10-8-14/h3-10H,1-2,11-13H2. The Hall–Kier alpha value is -3.02. The summed E-state index contributed by atoms with van der Waals surface area (Å²) in [6.45, 7) is 1.70. The molecule has 6 heteroatoms. The Kier molecular flexibility index (Phi) is 4.24. The van der Waals surface area contributed by atoms with E-state index in [2.05, 4.69) is 4.98 Å². The molecule has 3 heterocycles. The number of halogens is 1. The van der Waals surface area contributed by atoms with Crippen molar-refractivity contribution in [1.82, 2.24) is 14.8 Å². The van der Waals surface area contributed by atoms with E-state index in [4.69, 9.17) is 0 Å². The number of hydrogen-bond donors (Lipinski definition) is 0. The van der Waals surface area contributed by atoms with Crippen molar-refractivity contribution < 1.29 is 14.0 Å². The Balaban J connectivity index is 1.74. The topological polar surface area (TPSA) is 53.5 Å². The molecule has 0 bridgehead atoms. The molecule has 0 unspecified atom stereocenters. The van der Waals surface area contributed by atoms with Gasteiger partial charge in [0.2, 0.25) is 0 Å². The third-order valence-electron chi connectivity index (χ3n) is 4.79. The Morgan fingerprint density at radius 3 is 2.23 bits per heavy atom. The predicted octanol–water partition coefficient (Wildman–Crippen LogP) is 2.60. The molecule has 0 atom stereocenters. The molecular weight excluding hydrogens is 333 g/mol. The molecule has 0 N–H and O–H groups in total. The van der Waals surface area contributed by atoms with Crippen molar-refractivity contribution in [2.24, 2.45) is 0 Å². The molecule has 4 rings (SSSR count). The van der Waals surface area contributed by atoms with Crippen molar-refractivity contribution in [3.8, 4) is 0 Å². The normalized spacial score (nSPS) is 17.6. The van der Waals surface area contributed by atoms with Gasteiger partial charge in [0, 0.05) is 25.5 Å². The molecule has 0 aliphatic carbocycles. The van der Waals surface area contributed by atoms with Gasteiger partial charge in [-0.05, 0) is 48.2 Å². The third-order valence-corrected chi connectivity index (χ3v) is 4.79. The SMILES string of the molecule is O=C1C(c2ccc(F)cc2)=C(N2CCCC2)C(=O)N1Cc1ccncc1. The molecule has 1 aromatic heterocycles. The van der Waals surface area contributed by atoms with Gasteiger partial charge in [-0.3, -0.25) is 19.5 Å². The number of carbonyl (C=O) groups excluding carboxylic acids is 2. The molecule has 1 fully saturated rings. The largest absolute Gasteiger partial charge is 0.366 e. The Morgan fingerprint density at radius 1 is 0.923 bits per heavy atom. The monoisotopic (exact) mass is 351 g/mol. The summed E-state index contributed by atoms with van der Waals surface area (Å²) in [6, 6.07) is 9.31. The van der Waals surface area contributed by atoms with Crippen molar-refractivity contribution in [3.05, 3.63) is 71.4 Å². The van der Waals surface area contributed by atoms with E-state index in [1.807, 2.05) is 4.90 Å². The van der Waals surface area contributed by atoms with E-state index in [9.17, 15) is 14.0 Å². The third kappa shape index (κ3) is 2.87. The van der Waals surface area contributed by atoms with Crippen LogP contribution in [-0.4, -0.2) is 39.7 Å². The summed E-state index contributed by atoms with van der Waals surface area (Å²) in [5, 5.41) is 0. The van der Waals surface area contributed by atoms with Gasteiger partial charge in [0.15, 0.2) is 0 Å². The van der Waals surface area contributed by atoms with Crippen LogP contribution in [0.3, 0.4) is 0 Å². The maximum atomic E-state index is 13.3. The lowest BCUT2D eigenvalue weighted by molar-refractivity contribution is -0.138. The van der Waals surface area contributed by atoms with Crippen LogP contribution < -0.4 is 0 Å². The van der Waals surface area contributed by atoms with Crippen LogP contribution in [0.4, 0.5) is 4.39 Å². The van der Waals surface area contributed by atoms with E-state index in [0.717, 1.165) is 31.5 Å². The molecule has 0 spiro atoms. The first-order valence-electron chi connectivity index (χ1n) is 8.65. The fourth-order valence-corrected chi connectivity index (χ4v) is 3.49. The Bertz CT molecular complexity index is 872. The molecule has 2 aliphatic heterocycles. The minimum atomic E-state index is -0.373. The second-order valence-corrected chi connectivity index (χ2v) is 6.48. The van der Waals surface area contributed by atoms with E-state index in [1.165, 1.54) is 17.0 Å². The van der Waals surface area contributed by atoms with Crippen LogP contribution >= 0.6 is 0 Å². The van der Waals surface area contributed by atoms with Gasteiger partial charge in [0.1, 0.15) is 11.5 Å². The molecule has 1 saturated heterocycles.